The lowest BCUT2D eigenvalue weighted by Gasteiger charge is -2.22. The van der Waals surface area contributed by atoms with Crippen LogP contribution >= 0.6 is 0 Å². The molecule has 0 aliphatic rings. The molecule has 0 aliphatic heterocycles. The molecule has 4 nitrogen and oxygen atoms in total. The fourth-order valence-corrected chi connectivity index (χ4v) is 1.48. The third-order valence-electron chi connectivity index (χ3n) is 2.49. The molecular weight excluding hydrogens is 206 g/mol. The lowest BCUT2D eigenvalue weighted by atomic mass is 10.1. The fraction of sp³-hybridized carbons (Fsp3) is 1.00. The summed E-state index contributed by atoms with van der Waals surface area (Å²) in [5.74, 6) is 0.433. The normalized spacial score (nSPS) is 13.7. The average Bonchev–Trinajstić information content (AvgIpc) is 2.24. The first-order valence-corrected chi connectivity index (χ1v) is 6.23. The summed E-state index contributed by atoms with van der Waals surface area (Å²) in [6.45, 7) is 10.4. The van der Waals surface area contributed by atoms with Crippen molar-refractivity contribution >= 4 is 0 Å². The zero-order valence-corrected chi connectivity index (χ0v) is 11.0. The Morgan fingerprint density at radius 1 is 1.12 bits per heavy atom. The van der Waals surface area contributed by atoms with Crippen LogP contribution in [0.4, 0.5) is 0 Å². The van der Waals surface area contributed by atoms with E-state index in [0.29, 0.717) is 19.1 Å². The van der Waals surface area contributed by atoms with Crippen molar-refractivity contribution in [1.29, 1.82) is 0 Å². The van der Waals surface area contributed by atoms with Crippen molar-refractivity contribution in [1.82, 2.24) is 5.32 Å². The Morgan fingerprint density at radius 2 is 1.69 bits per heavy atom. The smallest absolute Gasteiger partial charge is 0.158 e. The summed E-state index contributed by atoms with van der Waals surface area (Å²) in [6, 6.07) is 0.156. The van der Waals surface area contributed by atoms with E-state index in [2.05, 4.69) is 19.2 Å². The number of aliphatic hydroxyl groups is 1. The van der Waals surface area contributed by atoms with E-state index in [9.17, 15) is 0 Å². The predicted octanol–water partition coefficient (Wildman–Crippen LogP) is 1.38. The molecular formula is C12H27NO3. The molecule has 0 aromatic heterocycles. The van der Waals surface area contributed by atoms with Crippen molar-refractivity contribution in [3.05, 3.63) is 0 Å². The molecule has 98 valence electrons. The summed E-state index contributed by atoms with van der Waals surface area (Å²) >= 11 is 0. The first kappa shape index (κ1) is 15.8. The van der Waals surface area contributed by atoms with E-state index < -0.39 is 0 Å². The minimum atomic E-state index is -0.131. The second-order valence-corrected chi connectivity index (χ2v) is 4.12. The molecule has 0 heterocycles. The Morgan fingerprint density at radius 3 is 2.06 bits per heavy atom. The highest BCUT2D eigenvalue weighted by Gasteiger charge is 2.13. The Kier molecular flexibility index (Phi) is 9.92. The summed E-state index contributed by atoms with van der Waals surface area (Å²) in [5, 5.41) is 12.4. The van der Waals surface area contributed by atoms with Crippen LogP contribution in [0.25, 0.3) is 0 Å². The van der Waals surface area contributed by atoms with Gasteiger partial charge in [-0.15, -0.1) is 0 Å². The van der Waals surface area contributed by atoms with Crippen molar-refractivity contribution in [2.24, 2.45) is 5.92 Å². The van der Waals surface area contributed by atoms with Crippen LogP contribution in [-0.2, 0) is 9.47 Å². The van der Waals surface area contributed by atoms with Crippen LogP contribution in [0.15, 0.2) is 0 Å². The minimum absolute atomic E-state index is 0.131. The van der Waals surface area contributed by atoms with Crippen LogP contribution in [0.1, 0.15) is 34.1 Å². The van der Waals surface area contributed by atoms with Gasteiger partial charge in [0.2, 0.25) is 0 Å². The van der Waals surface area contributed by atoms with Gasteiger partial charge in [-0.25, -0.2) is 0 Å². The van der Waals surface area contributed by atoms with Gasteiger partial charge in [0.15, 0.2) is 6.29 Å². The molecule has 0 bridgehead atoms. The Balaban J connectivity index is 3.74. The van der Waals surface area contributed by atoms with Gasteiger partial charge in [-0.2, -0.15) is 0 Å². The maximum atomic E-state index is 9.14. The summed E-state index contributed by atoms with van der Waals surface area (Å²) in [5.41, 5.74) is 0. The number of nitrogens with one attached hydrogen (secondary N) is 1. The van der Waals surface area contributed by atoms with Gasteiger partial charge < -0.3 is 19.9 Å². The van der Waals surface area contributed by atoms with Crippen molar-refractivity contribution < 1.29 is 14.6 Å². The molecule has 16 heavy (non-hydrogen) atoms. The zero-order valence-electron chi connectivity index (χ0n) is 11.0. The summed E-state index contributed by atoms with van der Waals surface area (Å²) in [7, 11) is 0. The van der Waals surface area contributed by atoms with Crippen LogP contribution < -0.4 is 5.32 Å². The molecule has 0 aromatic rings. The van der Waals surface area contributed by atoms with E-state index >= 15 is 0 Å². The molecule has 1 atom stereocenters. The standard InChI is InChI=1S/C12H27NO3/c1-5-15-12(16-6-2)7-8-13-11(9-14)10(3)4/h10-14H,5-9H2,1-4H3. The van der Waals surface area contributed by atoms with Gasteiger partial charge in [-0.1, -0.05) is 13.8 Å². The van der Waals surface area contributed by atoms with Crippen LogP contribution in [0.5, 0.6) is 0 Å². The molecule has 0 saturated heterocycles. The van der Waals surface area contributed by atoms with Crippen molar-refractivity contribution in [3.8, 4) is 0 Å². The predicted molar refractivity (Wildman–Crippen MR) is 65.4 cm³/mol. The van der Waals surface area contributed by atoms with E-state index in [0.717, 1.165) is 13.0 Å². The lowest BCUT2D eigenvalue weighted by Crippen LogP contribution is -2.39. The number of aliphatic hydroxyl groups excluding tert-OH is 1. The molecule has 0 aliphatic carbocycles. The topological polar surface area (TPSA) is 50.7 Å². The van der Waals surface area contributed by atoms with Gasteiger partial charge >= 0.3 is 0 Å². The van der Waals surface area contributed by atoms with Crippen molar-refractivity contribution in [2.75, 3.05) is 26.4 Å². The number of hydrogen-bond acceptors (Lipinski definition) is 4. The Bertz CT molecular complexity index is 147. The van der Waals surface area contributed by atoms with E-state index in [1.807, 2.05) is 13.8 Å². The first-order chi connectivity index (χ1) is 7.65. The fourth-order valence-electron chi connectivity index (χ4n) is 1.48. The van der Waals surface area contributed by atoms with Crippen LogP contribution in [-0.4, -0.2) is 43.8 Å². The van der Waals surface area contributed by atoms with Gasteiger partial charge in [-0.05, 0) is 19.8 Å². The average molecular weight is 233 g/mol. The highest BCUT2D eigenvalue weighted by Crippen LogP contribution is 2.03. The van der Waals surface area contributed by atoms with Gasteiger partial charge in [0.1, 0.15) is 0 Å². The van der Waals surface area contributed by atoms with Crippen molar-refractivity contribution in [3.63, 3.8) is 0 Å². The van der Waals surface area contributed by atoms with E-state index in [4.69, 9.17) is 14.6 Å². The summed E-state index contributed by atoms with van der Waals surface area (Å²) in [6.07, 6.45) is 0.680. The largest absolute Gasteiger partial charge is 0.395 e. The minimum Gasteiger partial charge on any atom is -0.395 e. The molecule has 0 radical (unpaired) electrons. The SMILES string of the molecule is CCOC(CCNC(CO)C(C)C)OCC. The van der Waals surface area contributed by atoms with Gasteiger partial charge in [-0.3, -0.25) is 0 Å². The van der Waals surface area contributed by atoms with Crippen LogP contribution in [0.3, 0.4) is 0 Å². The van der Waals surface area contributed by atoms with Gasteiger partial charge in [0.25, 0.3) is 0 Å². The second-order valence-electron chi connectivity index (χ2n) is 4.12. The highest BCUT2D eigenvalue weighted by atomic mass is 16.7. The molecule has 0 aromatic carbocycles. The maximum absolute atomic E-state index is 9.14. The van der Waals surface area contributed by atoms with E-state index in [-0.39, 0.29) is 18.9 Å². The van der Waals surface area contributed by atoms with Gasteiger partial charge in [0.05, 0.1) is 6.61 Å². The van der Waals surface area contributed by atoms with Crippen LogP contribution in [0, 0.1) is 5.92 Å². The molecule has 0 saturated carbocycles. The quantitative estimate of drug-likeness (QED) is 0.560. The van der Waals surface area contributed by atoms with Crippen molar-refractivity contribution in [2.45, 2.75) is 46.4 Å². The summed E-state index contributed by atoms with van der Waals surface area (Å²) in [4.78, 5) is 0. The number of rotatable bonds is 10. The number of hydrogen-bond donors (Lipinski definition) is 2. The lowest BCUT2D eigenvalue weighted by molar-refractivity contribution is -0.139. The molecule has 4 heteroatoms. The summed E-state index contributed by atoms with van der Waals surface area (Å²) < 4.78 is 10.9. The van der Waals surface area contributed by atoms with Gasteiger partial charge in [0, 0.05) is 32.2 Å². The van der Waals surface area contributed by atoms with Crippen LogP contribution in [0.2, 0.25) is 0 Å². The molecule has 0 rings (SSSR count). The number of ether oxygens (including phenoxy) is 2. The second kappa shape index (κ2) is 10.0. The maximum Gasteiger partial charge on any atom is 0.158 e. The molecule has 0 amide bonds. The third-order valence-corrected chi connectivity index (χ3v) is 2.49. The molecule has 2 N–H and O–H groups in total. The van der Waals surface area contributed by atoms with E-state index in [1.165, 1.54) is 0 Å². The van der Waals surface area contributed by atoms with E-state index in [1.54, 1.807) is 0 Å². The first-order valence-electron chi connectivity index (χ1n) is 6.23. The molecule has 0 spiro atoms. The molecule has 1 unspecified atom stereocenters. The highest BCUT2D eigenvalue weighted by molar-refractivity contribution is 4.69. The third kappa shape index (κ3) is 7.17. The molecule has 0 fully saturated rings. The Hall–Kier alpha value is -0.160. The zero-order chi connectivity index (χ0) is 12.4. The Labute approximate surface area is 99.3 Å². The monoisotopic (exact) mass is 233 g/mol.